The summed E-state index contributed by atoms with van der Waals surface area (Å²) in [6, 6.07) is 7.25. The van der Waals surface area contributed by atoms with Crippen LogP contribution in [-0.4, -0.2) is 28.8 Å². The Bertz CT molecular complexity index is 1030. The van der Waals surface area contributed by atoms with Crippen LogP contribution in [0.3, 0.4) is 0 Å². The Hall–Kier alpha value is -3.89. The van der Waals surface area contributed by atoms with Gasteiger partial charge in [-0.2, -0.15) is 13.2 Å². The zero-order valence-electron chi connectivity index (χ0n) is 14.7. The molecule has 0 atom stereocenters. The highest BCUT2D eigenvalue weighted by molar-refractivity contribution is 6.13. The highest BCUT2D eigenvalue weighted by Crippen LogP contribution is 2.37. The summed E-state index contributed by atoms with van der Waals surface area (Å²) < 4.78 is 43.6. The van der Waals surface area contributed by atoms with Crippen LogP contribution in [0.1, 0.15) is 11.1 Å². The molecule has 2 aromatic carbocycles. The van der Waals surface area contributed by atoms with Gasteiger partial charge in [0, 0.05) is 13.1 Å². The lowest BCUT2D eigenvalue weighted by Gasteiger charge is -2.10. The van der Waals surface area contributed by atoms with Crippen molar-refractivity contribution in [3.8, 4) is 11.5 Å². The number of nitrogens with zero attached hydrogens (tertiary/aromatic N) is 2. The van der Waals surface area contributed by atoms with Crippen LogP contribution in [0.15, 0.2) is 48.2 Å². The zero-order chi connectivity index (χ0) is 21.3. The number of amides is 3. The topological polar surface area (TPSA) is 102 Å². The van der Waals surface area contributed by atoms with Crippen LogP contribution in [0, 0.1) is 10.1 Å². The summed E-state index contributed by atoms with van der Waals surface area (Å²) in [5, 5.41) is 13.5. The average Bonchev–Trinajstić information content (AvgIpc) is 2.89. The van der Waals surface area contributed by atoms with Gasteiger partial charge in [-0.3, -0.25) is 19.8 Å². The Labute approximate surface area is 161 Å². The second-order valence-electron chi connectivity index (χ2n) is 5.96. The van der Waals surface area contributed by atoms with E-state index in [1.807, 2.05) is 0 Å². The molecule has 1 N–H and O–H groups in total. The largest absolute Gasteiger partial charge is 0.450 e. The van der Waals surface area contributed by atoms with E-state index in [-0.39, 0.29) is 17.2 Å². The van der Waals surface area contributed by atoms with Crippen molar-refractivity contribution in [2.45, 2.75) is 6.18 Å². The molecule has 0 unspecified atom stereocenters. The van der Waals surface area contributed by atoms with E-state index < -0.39 is 34.3 Å². The maximum atomic E-state index is 12.8. The second-order valence-corrected chi connectivity index (χ2v) is 5.96. The summed E-state index contributed by atoms with van der Waals surface area (Å²) in [5.74, 6) is -0.724. The van der Waals surface area contributed by atoms with Gasteiger partial charge in [-0.05, 0) is 35.9 Å². The molecule has 0 aromatic heterocycles. The molecular formula is C18H12F3N3O5. The van der Waals surface area contributed by atoms with Crippen molar-refractivity contribution in [1.82, 2.24) is 10.2 Å². The number of hydrogen-bond donors (Lipinski definition) is 1. The summed E-state index contributed by atoms with van der Waals surface area (Å²) in [4.78, 5) is 34.3. The molecule has 3 rings (SSSR count). The molecule has 0 aliphatic carbocycles. The minimum Gasteiger partial charge on any atom is -0.450 e. The van der Waals surface area contributed by atoms with Gasteiger partial charge in [0.25, 0.3) is 5.91 Å². The van der Waals surface area contributed by atoms with E-state index in [9.17, 15) is 32.9 Å². The zero-order valence-corrected chi connectivity index (χ0v) is 14.7. The first kappa shape index (κ1) is 19.9. The number of hydrogen-bond acceptors (Lipinski definition) is 5. The first-order valence-electron chi connectivity index (χ1n) is 8.00. The molecule has 1 aliphatic heterocycles. The van der Waals surface area contributed by atoms with Crippen LogP contribution in [-0.2, 0) is 11.0 Å². The van der Waals surface area contributed by atoms with Gasteiger partial charge in [0.05, 0.1) is 10.5 Å². The summed E-state index contributed by atoms with van der Waals surface area (Å²) in [7, 11) is 1.33. The van der Waals surface area contributed by atoms with E-state index in [0.29, 0.717) is 17.7 Å². The van der Waals surface area contributed by atoms with Crippen LogP contribution < -0.4 is 10.1 Å². The Morgan fingerprint density at radius 2 is 1.79 bits per heavy atom. The van der Waals surface area contributed by atoms with Crippen molar-refractivity contribution in [2.24, 2.45) is 0 Å². The fourth-order valence-corrected chi connectivity index (χ4v) is 2.47. The van der Waals surface area contributed by atoms with Crippen molar-refractivity contribution in [3.05, 3.63) is 69.4 Å². The normalized spacial score (nSPS) is 15.6. The van der Waals surface area contributed by atoms with Crippen molar-refractivity contribution in [1.29, 1.82) is 0 Å². The van der Waals surface area contributed by atoms with Gasteiger partial charge < -0.3 is 10.1 Å². The number of nitrogens with one attached hydrogen (secondary N) is 1. The highest BCUT2D eigenvalue weighted by atomic mass is 19.4. The van der Waals surface area contributed by atoms with E-state index in [2.05, 4.69) is 5.32 Å². The van der Waals surface area contributed by atoms with Gasteiger partial charge >= 0.3 is 17.9 Å². The number of benzene rings is 2. The van der Waals surface area contributed by atoms with Gasteiger partial charge in [-0.15, -0.1) is 0 Å². The van der Waals surface area contributed by atoms with E-state index in [4.69, 9.17) is 4.74 Å². The summed E-state index contributed by atoms with van der Waals surface area (Å²) >= 11 is 0. The lowest BCUT2D eigenvalue weighted by atomic mass is 10.1. The number of urea groups is 1. The van der Waals surface area contributed by atoms with Crippen LogP contribution >= 0.6 is 0 Å². The monoisotopic (exact) mass is 407 g/mol. The molecule has 150 valence electrons. The summed E-state index contributed by atoms with van der Waals surface area (Å²) in [5.41, 5.74) is -1.39. The van der Waals surface area contributed by atoms with Crippen molar-refractivity contribution >= 4 is 23.7 Å². The predicted molar refractivity (Wildman–Crippen MR) is 93.9 cm³/mol. The molecule has 0 saturated carbocycles. The lowest BCUT2D eigenvalue weighted by molar-refractivity contribution is -0.385. The average molecular weight is 407 g/mol. The van der Waals surface area contributed by atoms with E-state index >= 15 is 0 Å². The smallest absolute Gasteiger partial charge is 0.416 e. The molecule has 1 aliphatic rings. The number of imide groups is 1. The number of carbonyl (C=O) groups is 2. The first-order chi connectivity index (χ1) is 13.6. The third-order valence-electron chi connectivity index (χ3n) is 3.98. The molecule has 1 saturated heterocycles. The lowest BCUT2D eigenvalue weighted by Crippen LogP contribution is -2.25. The molecule has 1 fully saturated rings. The minimum atomic E-state index is -4.72. The molecule has 11 heteroatoms. The number of likely N-dealkylation sites (N-methyl/N-ethyl adjacent to an activating group) is 1. The van der Waals surface area contributed by atoms with Gasteiger partial charge in [-0.1, -0.05) is 12.1 Å². The predicted octanol–water partition coefficient (Wildman–Crippen LogP) is 3.93. The third-order valence-corrected chi connectivity index (χ3v) is 3.98. The van der Waals surface area contributed by atoms with E-state index in [1.54, 1.807) is 0 Å². The molecule has 29 heavy (non-hydrogen) atoms. The fraction of sp³-hybridized carbons (Fsp3) is 0.111. The van der Waals surface area contributed by atoms with E-state index in [0.717, 1.165) is 11.0 Å². The van der Waals surface area contributed by atoms with Crippen LogP contribution in [0.25, 0.3) is 6.08 Å². The fourth-order valence-electron chi connectivity index (χ4n) is 2.47. The maximum absolute atomic E-state index is 12.8. The number of nitro groups is 1. The second kappa shape index (κ2) is 7.26. The van der Waals surface area contributed by atoms with Crippen LogP contribution in [0.5, 0.6) is 11.5 Å². The number of nitro benzene ring substituents is 1. The first-order valence-corrected chi connectivity index (χ1v) is 8.00. The Morgan fingerprint density at radius 1 is 1.14 bits per heavy atom. The summed E-state index contributed by atoms with van der Waals surface area (Å²) in [6.45, 7) is 0. The molecule has 0 bridgehead atoms. The minimum absolute atomic E-state index is 0.0737. The Morgan fingerprint density at radius 3 is 2.31 bits per heavy atom. The van der Waals surface area contributed by atoms with Crippen LogP contribution in [0.4, 0.5) is 23.7 Å². The van der Waals surface area contributed by atoms with Crippen molar-refractivity contribution < 1.29 is 32.4 Å². The molecule has 1 heterocycles. The molecule has 0 spiro atoms. The molecular weight excluding hydrogens is 395 g/mol. The van der Waals surface area contributed by atoms with Crippen molar-refractivity contribution in [3.63, 3.8) is 0 Å². The van der Waals surface area contributed by atoms with Gasteiger partial charge in [0.2, 0.25) is 5.75 Å². The van der Waals surface area contributed by atoms with Crippen LogP contribution in [0.2, 0.25) is 0 Å². The number of carbonyl (C=O) groups excluding carboxylic acids is 2. The molecule has 2 aromatic rings. The van der Waals surface area contributed by atoms with Gasteiger partial charge in [0.1, 0.15) is 11.4 Å². The summed E-state index contributed by atoms with van der Waals surface area (Å²) in [6.07, 6.45) is -3.30. The Balaban J connectivity index is 1.82. The molecule has 0 radical (unpaired) electrons. The quantitative estimate of drug-likeness (QED) is 0.358. The number of halogens is 3. The van der Waals surface area contributed by atoms with Gasteiger partial charge in [0.15, 0.2) is 0 Å². The maximum Gasteiger partial charge on any atom is 0.416 e. The number of rotatable bonds is 4. The van der Waals surface area contributed by atoms with E-state index in [1.165, 1.54) is 37.4 Å². The highest BCUT2D eigenvalue weighted by Gasteiger charge is 2.33. The number of alkyl halides is 3. The number of ether oxygens (including phenoxy) is 1. The molecule has 3 amide bonds. The van der Waals surface area contributed by atoms with Crippen molar-refractivity contribution in [2.75, 3.05) is 7.05 Å². The standard InChI is InChI=1S/C18H12F3N3O5/c1-23-16(25)13(22-17(23)26)8-10-2-5-12(6-3-10)29-15-7-4-11(18(19,20)21)9-14(15)24(27)28/h2-9H,1H3,(H,22,26)/b13-8+. The Kier molecular flexibility index (Phi) is 4.97. The molecule has 8 nitrogen and oxygen atoms in total. The van der Waals surface area contributed by atoms with Gasteiger partial charge in [-0.25, -0.2) is 4.79 Å². The third kappa shape index (κ3) is 4.18. The SMILES string of the molecule is CN1C(=O)N/C(=C/c2ccc(Oc3ccc(C(F)(F)F)cc3[N+](=O)[O-])cc2)C1=O.